The van der Waals surface area contributed by atoms with E-state index in [4.69, 9.17) is 8.83 Å². The average Bonchev–Trinajstić information content (AvgIpc) is 3.67. The Bertz CT molecular complexity index is 1930. The van der Waals surface area contributed by atoms with Crippen LogP contribution in [0.15, 0.2) is 131 Å². The lowest BCUT2D eigenvalue weighted by Gasteiger charge is -2.17. The summed E-state index contributed by atoms with van der Waals surface area (Å²) in [6.45, 7) is 0. The fraction of sp³-hybridized carbons (Fsp3) is 0. The van der Waals surface area contributed by atoms with Gasteiger partial charge in [-0.15, -0.1) is 0 Å². The van der Waals surface area contributed by atoms with E-state index in [9.17, 15) is 0 Å². The summed E-state index contributed by atoms with van der Waals surface area (Å²) in [5.41, 5.74) is 2.16. The molecule has 2 heteroatoms. The van der Waals surface area contributed by atoms with Gasteiger partial charge in [0.05, 0.1) is 12.5 Å². The molecule has 0 N–H and O–H groups in total. The summed E-state index contributed by atoms with van der Waals surface area (Å²) >= 11 is 0. The molecule has 0 saturated carbocycles. The number of furan rings is 2. The Labute approximate surface area is 207 Å². The van der Waals surface area contributed by atoms with Gasteiger partial charge < -0.3 is 8.83 Å². The molecule has 0 amide bonds. The van der Waals surface area contributed by atoms with Gasteiger partial charge in [-0.1, -0.05) is 72.8 Å². The fourth-order valence-corrected chi connectivity index (χ4v) is 5.86. The minimum Gasteiger partial charge on any atom is -0.464 e. The van der Waals surface area contributed by atoms with E-state index in [1.807, 2.05) is 24.3 Å². The first-order chi connectivity index (χ1) is 17.9. The van der Waals surface area contributed by atoms with E-state index in [0.717, 1.165) is 22.6 Å². The van der Waals surface area contributed by atoms with Crippen LogP contribution in [0.1, 0.15) is 0 Å². The Morgan fingerprint density at radius 3 is 1.17 bits per heavy atom. The second kappa shape index (κ2) is 7.34. The maximum atomic E-state index is 5.77. The lowest BCUT2D eigenvalue weighted by molar-refractivity contribution is 0.582. The molecule has 36 heavy (non-hydrogen) atoms. The molecule has 168 valence electrons. The van der Waals surface area contributed by atoms with Crippen molar-refractivity contribution in [2.75, 3.05) is 0 Å². The van der Waals surface area contributed by atoms with Crippen LogP contribution in [0, 0.1) is 0 Å². The molecule has 0 aliphatic heterocycles. The zero-order chi connectivity index (χ0) is 23.6. The summed E-state index contributed by atoms with van der Waals surface area (Å²) < 4.78 is 11.5. The highest BCUT2D eigenvalue weighted by molar-refractivity contribution is 6.39. The summed E-state index contributed by atoms with van der Waals surface area (Å²) in [5, 5.41) is 12.6. The van der Waals surface area contributed by atoms with Gasteiger partial charge in [0.25, 0.3) is 0 Å². The van der Waals surface area contributed by atoms with Crippen molar-refractivity contribution in [1.82, 2.24) is 0 Å². The van der Waals surface area contributed by atoms with Crippen molar-refractivity contribution in [2.24, 2.45) is 0 Å². The van der Waals surface area contributed by atoms with Crippen molar-refractivity contribution in [3.05, 3.63) is 122 Å². The normalized spacial score (nSPS) is 11.9. The van der Waals surface area contributed by atoms with Gasteiger partial charge in [-0.05, 0) is 90.3 Å². The third-order valence-corrected chi connectivity index (χ3v) is 7.41. The van der Waals surface area contributed by atoms with Gasteiger partial charge in [0.2, 0.25) is 0 Å². The number of fused-ring (bicyclic) bond motifs is 11. The van der Waals surface area contributed by atoms with E-state index in [-0.39, 0.29) is 0 Å². The highest BCUT2D eigenvalue weighted by Crippen LogP contribution is 2.45. The Kier molecular flexibility index (Phi) is 3.97. The molecule has 2 heterocycles. The monoisotopic (exact) mass is 460 g/mol. The van der Waals surface area contributed by atoms with E-state index < -0.39 is 0 Å². The predicted octanol–water partition coefficient (Wildman–Crippen LogP) is 9.97. The van der Waals surface area contributed by atoms with E-state index in [0.29, 0.717) is 0 Å². The Balaban J connectivity index is 1.67. The number of benzene rings is 6. The van der Waals surface area contributed by atoms with Crippen LogP contribution in [0.2, 0.25) is 0 Å². The molecule has 0 spiro atoms. The lowest BCUT2D eigenvalue weighted by atomic mass is 9.86. The summed E-state index contributed by atoms with van der Waals surface area (Å²) in [5.74, 6) is 1.76. The largest absolute Gasteiger partial charge is 0.464 e. The summed E-state index contributed by atoms with van der Waals surface area (Å²) in [4.78, 5) is 0. The highest BCUT2D eigenvalue weighted by Gasteiger charge is 2.17. The van der Waals surface area contributed by atoms with Crippen LogP contribution in [0.25, 0.3) is 76.5 Å². The summed E-state index contributed by atoms with van der Waals surface area (Å²) in [6, 6.07) is 38.8. The highest BCUT2D eigenvalue weighted by atomic mass is 16.3. The molecule has 0 bridgehead atoms. The van der Waals surface area contributed by atoms with Crippen molar-refractivity contribution >= 4 is 53.9 Å². The molecule has 2 aromatic heterocycles. The molecule has 0 aliphatic carbocycles. The topological polar surface area (TPSA) is 26.3 Å². The van der Waals surface area contributed by atoms with Crippen LogP contribution >= 0.6 is 0 Å². The van der Waals surface area contributed by atoms with Crippen LogP contribution in [-0.2, 0) is 0 Å². The first kappa shape index (κ1) is 19.5. The molecular formula is C34H20O2. The molecule has 0 radical (unpaired) electrons. The molecule has 0 atom stereocenters. The Morgan fingerprint density at radius 1 is 0.333 bits per heavy atom. The molecule has 0 fully saturated rings. The molecule has 0 saturated heterocycles. The third kappa shape index (κ3) is 2.67. The molecule has 6 aromatic carbocycles. The number of rotatable bonds is 2. The van der Waals surface area contributed by atoms with Crippen LogP contribution in [-0.4, -0.2) is 0 Å². The standard InChI is InChI=1S/C34H20O2/c1-3-9-27-23(7-1)25-15-13-21(31-11-5-17-35-31)19-29(25)34-28-10-4-2-8-24(28)26-16-14-22(20-30(26)33(27)34)32-12-6-18-36-32/h1-20H. The molecule has 0 aliphatic rings. The number of hydrogen-bond acceptors (Lipinski definition) is 2. The lowest BCUT2D eigenvalue weighted by Crippen LogP contribution is -1.89. The average molecular weight is 461 g/mol. The fourth-order valence-electron chi connectivity index (χ4n) is 5.86. The quantitative estimate of drug-likeness (QED) is 0.240. The zero-order valence-corrected chi connectivity index (χ0v) is 19.4. The maximum absolute atomic E-state index is 5.77. The molecule has 8 aromatic rings. The first-order valence-corrected chi connectivity index (χ1v) is 12.2. The van der Waals surface area contributed by atoms with Crippen molar-refractivity contribution in [3.63, 3.8) is 0 Å². The Hall–Kier alpha value is -4.82. The first-order valence-electron chi connectivity index (χ1n) is 12.2. The van der Waals surface area contributed by atoms with Gasteiger partial charge >= 0.3 is 0 Å². The summed E-state index contributed by atoms with van der Waals surface area (Å²) in [6.07, 6.45) is 3.47. The second-order valence-corrected chi connectivity index (χ2v) is 9.32. The van der Waals surface area contributed by atoms with Gasteiger partial charge in [0.1, 0.15) is 11.5 Å². The third-order valence-electron chi connectivity index (χ3n) is 7.41. The van der Waals surface area contributed by atoms with Crippen LogP contribution < -0.4 is 0 Å². The summed E-state index contributed by atoms with van der Waals surface area (Å²) in [7, 11) is 0. The van der Waals surface area contributed by atoms with E-state index in [1.165, 1.54) is 53.9 Å². The predicted molar refractivity (Wildman–Crippen MR) is 149 cm³/mol. The molecule has 8 rings (SSSR count). The van der Waals surface area contributed by atoms with Crippen LogP contribution in [0.3, 0.4) is 0 Å². The van der Waals surface area contributed by atoms with Gasteiger partial charge in [-0.3, -0.25) is 0 Å². The van der Waals surface area contributed by atoms with E-state index in [2.05, 4.69) is 84.9 Å². The van der Waals surface area contributed by atoms with Crippen LogP contribution in [0.4, 0.5) is 0 Å². The minimum atomic E-state index is 0.878. The zero-order valence-electron chi connectivity index (χ0n) is 19.4. The van der Waals surface area contributed by atoms with E-state index >= 15 is 0 Å². The van der Waals surface area contributed by atoms with Gasteiger partial charge in [0.15, 0.2) is 0 Å². The maximum Gasteiger partial charge on any atom is 0.133 e. The smallest absolute Gasteiger partial charge is 0.133 e. The van der Waals surface area contributed by atoms with Gasteiger partial charge in [0, 0.05) is 11.1 Å². The van der Waals surface area contributed by atoms with Crippen molar-refractivity contribution in [2.45, 2.75) is 0 Å². The molecule has 0 unspecified atom stereocenters. The van der Waals surface area contributed by atoms with Crippen LogP contribution in [0.5, 0.6) is 0 Å². The van der Waals surface area contributed by atoms with Crippen molar-refractivity contribution < 1.29 is 8.83 Å². The van der Waals surface area contributed by atoms with E-state index in [1.54, 1.807) is 12.5 Å². The van der Waals surface area contributed by atoms with Crippen molar-refractivity contribution in [1.29, 1.82) is 0 Å². The minimum absolute atomic E-state index is 0.878. The second-order valence-electron chi connectivity index (χ2n) is 9.32. The van der Waals surface area contributed by atoms with Gasteiger partial charge in [-0.2, -0.15) is 0 Å². The molecule has 2 nitrogen and oxygen atoms in total. The van der Waals surface area contributed by atoms with Gasteiger partial charge in [-0.25, -0.2) is 0 Å². The Morgan fingerprint density at radius 2 is 0.750 bits per heavy atom. The SMILES string of the molecule is c1coc(-c2ccc3c4ccccc4c4c5cc(-c6ccco6)ccc5c5ccccc5c4c3c2)c1. The molecular weight excluding hydrogens is 440 g/mol. The number of hydrogen-bond donors (Lipinski definition) is 0. The van der Waals surface area contributed by atoms with Crippen molar-refractivity contribution in [3.8, 4) is 22.6 Å².